The number of imide groups is 1. The average molecular weight is 520 g/mol. The maximum atomic E-state index is 14.4. The Balaban J connectivity index is 1.93. The average Bonchev–Trinajstić information content (AvgIpc) is 3.00. The van der Waals surface area contributed by atoms with Crippen LogP contribution in [0.1, 0.15) is 26.3 Å². The molecule has 0 aliphatic carbocycles. The number of alkyl halides is 3. The fraction of sp³-hybridized carbons (Fsp3) is 0.0500. The van der Waals surface area contributed by atoms with Crippen molar-refractivity contribution in [2.45, 2.75) is 6.18 Å². The molecule has 0 unspecified atom stereocenters. The molecule has 0 atom stereocenters. The molecule has 1 aromatic heterocycles. The smallest absolute Gasteiger partial charge is 0.416 e. The molecule has 176 valence electrons. The van der Waals surface area contributed by atoms with E-state index in [1.165, 1.54) is 0 Å². The van der Waals surface area contributed by atoms with Gasteiger partial charge < -0.3 is 10.5 Å². The van der Waals surface area contributed by atoms with Crippen molar-refractivity contribution in [1.29, 1.82) is 0 Å². The highest BCUT2D eigenvalue weighted by Gasteiger charge is 2.34. The Morgan fingerprint density at radius 3 is 2.09 bits per heavy atom. The van der Waals surface area contributed by atoms with E-state index in [0.717, 1.165) is 18.2 Å². The van der Waals surface area contributed by atoms with Gasteiger partial charge in [-0.25, -0.2) is 8.78 Å². The van der Waals surface area contributed by atoms with Gasteiger partial charge in [-0.3, -0.25) is 24.3 Å². The van der Waals surface area contributed by atoms with Gasteiger partial charge in [0.1, 0.15) is 5.82 Å². The molecule has 34 heavy (non-hydrogen) atoms. The van der Waals surface area contributed by atoms with Gasteiger partial charge >= 0.3 is 6.18 Å². The van der Waals surface area contributed by atoms with Crippen molar-refractivity contribution in [3.63, 3.8) is 0 Å². The fourth-order valence-corrected chi connectivity index (χ4v) is 3.54. The third-order valence-electron chi connectivity index (χ3n) is 4.73. The number of nitrogens with two attached hydrogens (primary N) is 1. The monoisotopic (exact) mass is 519 g/mol. The van der Waals surface area contributed by atoms with Crippen molar-refractivity contribution in [2.75, 3.05) is 5.73 Å². The van der Waals surface area contributed by atoms with Crippen LogP contribution >= 0.6 is 23.2 Å². The van der Waals surface area contributed by atoms with Crippen LogP contribution in [0.3, 0.4) is 0 Å². The van der Waals surface area contributed by atoms with Crippen molar-refractivity contribution in [3.8, 4) is 17.2 Å². The van der Waals surface area contributed by atoms with Crippen LogP contribution in [0.2, 0.25) is 10.0 Å². The van der Waals surface area contributed by atoms with Crippen LogP contribution in [0.5, 0.6) is 11.5 Å². The van der Waals surface area contributed by atoms with Crippen molar-refractivity contribution in [2.24, 2.45) is 0 Å². The third kappa shape index (κ3) is 3.84. The van der Waals surface area contributed by atoms with E-state index in [9.17, 15) is 36.3 Å². The number of nitrogens with zero attached hydrogens (tertiary/aromatic N) is 1. The Morgan fingerprint density at radius 1 is 0.912 bits per heavy atom. The molecule has 2 aromatic carbocycles. The van der Waals surface area contributed by atoms with Crippen molar-refractivity contribution in [1.82, 2.24) is 9.88 Å². The van der Waals surface area contributed by atoms with Crippen LogP contribution in [0.25, 0.3) is 5.69 Å². The van der Waals surface area contributed by atoms with Crippen LogP contribution in [-0.2, 0) is 6.18 Å². The number of benzene rings is 2. The number of anilines is 1. The van der Waals surface area contributed by atoms with Gasteiger partial charge in [-0.1, -0.05) is 23.2 Å². The summed E-state index contributed by atoms with van der Waals surface area (Å²) < 4.78 is 73.1. The molecule has 0 saturated carbocycles. The number of ether oxygens (including phenoxy) is 1. The molecule has 3 aromatic rings. The van der Waals surface area contributed by atoms with E-state index in [2.05, 4.69) is 0 Å². The summed E-state index contributed by atoms with van der Waals surface area (Å²) in [7, 11) is 0. The zero-order valence-electron chi connectivity index (χ0n) is 16.2. The number of halogens is 7. The van der Waals surface area contributed by atoms with Gasteiger partial charge in [0.2, 0.25) is 0 Å². The molecular weight excluding hydrogens is 512 g/mol. The first-order valence-electron chi connectivity index (χ1n) is 8.94. The Kier molecular flexibility index (Phi) is 5.53. The summed E-state index contributed by atoms with van der Waals surface area (Å²) in [6, 6.07) is 2.76. The first-order valence-corrected chi connectivity index (χ1v) is 9.70. The minimum Gasteiger partial charge on any atom is -0.449 e. The SMILES string of the molecule is Nc1c2c(cc(=O)n1-c1cc(Cl)c(Cl)cc1Oc1c(F)cc(C(F)(F)F)cc1F)C(=O)NC2=O. The minimum absolute atomic E-state index is 0.0154. The summed E-state index contributed by atoms with van der Waals surface area (Å²) in [5.74, 6) is -7.52. The molecule has 3 N–H and O–H groups in total. The van der Waals surface area contributed by atoms with E-state index in [4.69, 9.17) is 33.7 Å². The van der Waals surface area contributed by atoms with Gasteiger partial charge in [0, 0.05) is 12.1 Å². The highest BCUT2D eigenvalue weighted by atomic mass is 35.5. The molecule has 7 nitrogen and oxygen atoms in total. The maximum absolute atomic E-state index is 14.4. The lowest BCUT2D eigenvalue weighted by Gasteiger charge is -2.18. The molecule has 4 rings (SSSR count). The number of amides is 2. The van der Waals surface area contributed by atoms with Crippen LogP contribution in [0.15, 0.2) is 35.1 Å². The summed E-state index contributed by atoms with van der Waals surface area (Å²) >= 11 is 11.9. The number of fused-ring (bicyclic) bond motifs is 1. The summed E-state index contributed by atoms with van der Waals surface area (Å²) in [5.41, 5.74) is 2.36. The van der Waals surface area contributed by atoms with Crippen molar-refractivity contribution in [3.05, 3.63) is 79.1 Å². The Bertz CT molecular complexity index is 1450. The standard InChI is InChI=1S/C20H8Cl2F5N3O4/c21-8-4-12(30-14(31)3-7-15(17(30)28)19(33)29-18(7)32)13(5-9(8)22)34-16-10(23)1-6(2-11(16)24)20(25,26)27/h1-5H,28H2,(H,29,32,33). The predicted molar refractivity (Wildman–Crippen MR) is 110 cm³/mol. The van der Waals surface area contributed by atoms with E-state index in [0.29, 0.717) is 4.57 Å². The first kappa shape index (κ1) is 23.5. The second-order valence-electron chi connectivity index (χ2n) is 6.88. The number of pyridine rings is 1. The van der Waals surface area contributed by atoms with Crippen molar-refractivity contribution >= 4 is 40.8 Å². The topological polar surface area (TPSA) is 103 Å². The Labute approximate surface area is 195 Å². The molecule has 2 amide bonds. The van der Waals surface area contributed by atoms with E-state index >= 15 is 0 Å². The van der Waals surface area contributed by atoms with E-state index < -0.39 is 58.1 Å². The highest BCUT2D eigenvalue weighted by molar-refractivity contribution is 6.42. The lowest BCUT2D eigenvalue weighted by molar-refractivity contribution is -0.138. The molecule has 0 saturated heterocycles. The summed E-state index contributed by atoms with van der Waals surface area (Å²) in [5, 5.41) is 1.57. The number of rotatable bonds is 3. The number of carbonyl (C=O) groups excluding carboxylic acids is 2. The van der Waals surface area contributed by atoms with Gasteiger partial charge in [0.15, 0.2) is 23.1 Å². The second kappa shape index (κ2) is 7.99. The molecule has 0 spiro atoms. The Hall–Kier alpha value is -3.64. The molecule has 1 aliphatic heterocycles. The summed E-state index contributed by atoms with van der Waals surface area (Å²) in [6.45, 7) is 0. The number of nitrogen functional groups attached to an aromatic ring is 1. The van der Waals surface area contributed by atoms with Gasteiger partial charge in [-0.05, 0) is 18.2 Å². The number of hydrogen-bond donors (Lipinski definition) is 2. The second-order valence-corrected chi connectivity index (χ2v) is 7.69. The van der Waals surface area contributed by atoms with E-state index in [-0.39, 0.29) is 39.0 Å². The number of carbonyl (C=O) groups is 2. The summed E-state index contributed by atoms with van der Waals surface area (Å²) in [4.78, 5) is 36.7. The van der Waals surface area contributed by atoms with Gasteiger partial charge in [-0.15, -0.1) is 0 Å². The number of hydrogen-bond acceptors (Lipinski definition) is 5. The zero-order valence-corrected chi connectivity index (χ0v) is 17.7. The fourth-order valence-electron chi connectivity index (χ4n) is 3.23. The minimum atomic E-state index is -5.03. The van der Waals surface area contributed by atoms with Crippen molar-refractivity contribution < 1.29 is 36.3 Å². The largest absolute Gasteiger partial charge is 0.449 e. The summed E-state index contributed by atoms with van der Waals surface area (Å²) in [6.07, 6.45) is -5.03. The molecule has 0 fully saturated rings. The highest BCUT2D eigenvalue weighted by Crippen LogP contribution is 2.40. The van der Waals surface area contributed by atoms with Crippen LogP contribution in [0, 0.1) is 11.6 Å². The van der Waals surface area contributed by atoms with Crippen LogP contribution in [0.4, 0.5) is 27.8 Å². The maximum Gasteiger partial charge on any atom is 0.416 e. The molecule has 1 aliphatic rings. The molecular formula is C20H8Cl2F5N3O4. The normalized spacial score (nSPS) is 13.1. The van der Waals surface area contributed by atoms with Gasteiger partial charge in [-0.2, -0.15) is 13.2 Å². The van der Waals surface area contributed by atoms with Crippen LogP contribution in [-0.4, -0.2) is 16.4 Å². The third-order valence-corrected chi connectivity index (χ3v) is 5.46. The molecule has 0 bridgehead atoms. The molecule has 14 heteroatoms. The quantitative estimate of drug-likeness (QED) is 0.385. The van der Waals surface area contributed by atoms with Crippen LogP contribution < -0.4 is 21.3 Å². The van der Waals surface area contributed by atoms with Gasteiger partial charge in [0.05, 0.1) is 32.4 Å². The van der Waals surface area contributed by atoms with E-state index in [1.54, 1.807) is 0 Å². The molecule has 2 heterocycles. The predicted octanol–water partition coefficient (Wildman–Crippen LogP) is 4.70. The zero-order chi connectivity index (χ0) is 25.1. The van der Waals surface area contributed by atoms with Gasteiger partial charge in [0.25, 0.3) is 17.4 Å². The van der Waals surface area contributed by atoms with E-state index in [1.807, 2.05) is 5.32 Å². The lowest BCUT2D eigenvalue weighted by Crippen LogP contribution is -2.24. The number of aromatic nitrogens is 1. The Morgan fingerprint density at radius 2 is 1.50 bits per heavy atom. The number of nitrogens with one attached hydrogen (secondary N) is 1. The first-order chi connectivity index (χ1) is 15.8. The molecule has 0 radical (unpaired) electrons. The lowest BCUT2D eigenvalue weighted by atomic mass is 10.1.